The maximum atomic E-state index is 12.5. The quantitative estimate of drug-likeness (QED) is 0.404. The van der Waals surface area contributed by atoms with Gasteiger partial charge in [0.05, 0.1) is 16.9 Å². The molecule has 8 heteroatoms. The maximum Gasteiger partial charge on any atom is 0.261 e. The molecule has 0 unspecified atom stereocenters. The van der Waals surface area contributed by atoms with Crippen LogP contribution in [0, 0.1) is 0 Å². The van der Waals surface area contributed by atoms with Crippen LogP contribution in [0.25, 0.3) is 22.2 Å². The van der Waals surface area contributed by atoms with Gasteiger partial charge in [-0.1, -0.05) is 17.3 Å². The van der Waals surface area contributed by atoms with Gasteiger partial charge in [0, 0.05) is 17.0 Å². The maximum absolute atomic E-state index is 12.5. The first kappa shape index (κ1) is 20.2. The molecule has 30 heavy (non-hydrogen) atoms. The van der Waals surface area contributed by atoms with Crippen molar-refractivity contribution in [3.8, 4) is 27.9 Å². The van der Waals surface area contributed by atoms with Crippen LogP contribution in [0.1, 0.15) is 15.2 Å². The van der Waals surface area contributed by atoms with Gasteiger partial charge >= 0.3 is 0 Å². The average molecular weight is 438 g/mol. The second kappa shape index (κ2) is 9.15. The number of carbonyl (C=O) groups is 1. The molecule has 152 valence electrons. The number of hydrogen-bond acceptors (Lipinski definition) is 7. The summed E-state index contributed by atoms with van der Waals surface area (Å²) >= 11 is 3.02. The van der Waals surface area contributed by atoms with Gasteiger partial charge in [0.1, 0.15) is 5.75 Å². The minimum atomic E-state index is -0.126. The Kier molecular flexibility index (Phi) is 6.15. The molecule has 4 rings (SSSR count). The molecule has 0 saturated carbocycles. The molecule has 0 radical (unpaired) electrons. The molecule has 0 atom stereocenters. The number of nitrogens with one attached hydrogen (secondary N) is 1. The number of hydrogen-bond donors (Lipinski definition) is 1. The van der Waals surface area contributed by atoms with E-state index in [2.05, 4.69) is 15.5 Å². The van der Waals surface area contributed by atoms with Crippen molar-refractivity contribution in [1.29, 1.82) is 0 Å². The summed E-state index contributed by atoms with van der Waals surface area (Å²) in [5.74, 6) is 1.50. The van der Waals surface area contributed by atoms with E-state index in [9.17, 15) is 4.79 Å². The second-order valence-corrected chi connectivity index (χ2v) is 8.31. The lowest BCUT2D eigenvalue weighted by Crippen LogP contribution is -2.21. The molecule has 0 spiro atoms. The molecule has 1 amide bonds. The number of thiophene rings is 1. The summed E-state index contributed by atoms with van der Waals surface area (Å²) in [4.78, 5) is 19.5. The monoisotopic (exact) mass is 437 g/mol. The number of methoxy groups -OCH3 is 1. The first-order valence-electron chi connectivity index (χ1n) is 9.16. The standard InChI is InChI=1S/C22H19N3O3S2/c1-27-16-7-5-15(6-8-16)22-24-20(25-28-22)18-11-12-19(30-18)21(26)23-13-14-3-9-17(29-2)10-4-14/h3-12H,13H2,1-2H3,(H,23,26). The van der Waals surface area contributed by atoms with E-state index in [1.165, 1.54) is 16.2 Å². The van der Waals surface area contributed by atoms with E-state index in [0.717, 1.165) is 21.8 Å². The summed E-state index contributed by atoms with van der Waals surface area (Å²) < 4.78 is 10.5. The third-order valence-electron chi connectivity index (χ3n) is 4.43. The molecule has 0 aliphatic rings. The molecule has 2 aromatic carbocycles. The van der Waals surface area contributed by atoms with Crippen molar-refractivity contribution in [1.82, 2.24) is 15.5 Å². The Morgan fingerprint density at radius 1 is 1.10 bits per heavy atom. The highest BCUT2D eigenvalue weighted by atomic mass is 32.2. The summed E-state index contributed by atoms with van der Waals surface area (Å²) in [5.41, 5.74) is 1.86. The lowest BCUT2D eigenvalue weighted by molar-refractivity contribution is 0.0955. The van der Waals surface area contributed by atoms with Gasteiger partial charge in [-0.05, 0) is 60.4 Å². The Morgan fingerprint density at radius 3 is 2.57 bits per heavy atom. The number of amides is 1. The van der Waals surface area contributed by atoms with E-state index >= 15 is 0 Å². The van der Waals surface area contributed by atoms with Crippen LogP contribution in [0.3, 0.4) is 0 Å². The normalized spacial score (nSPS) is 10.7. The highest BCUT2D eigenvalue weighted by Gasteiger charge is 2.15. The predicted octanol–water partition coefficient (Wildman–Crippen LogP) is 5.13. The van der Waals surface area contributed by atoms with Crippen LogP contribution >= 0.6 is 23.1 Å². The number of thioether (sulfide) groups is 1. The van der Waals surface area contributed by atoms with E-state index in [0.29, 0.717) is 23.1 Å². The van der Waals surface area contributed by atoms with Gasteiger partial charge < -0.3 is 14.6 Å². The van der Waals surface area contributed by atoms with Crippen molar-refractivity contribution >= 4 is 29.0 Å². The van der Waals surface area contributed by atoms with E-state index in [1.54, 1.807) is 24.9 Å². The topological polar surface area (TPSA) is 77.2 Å². The second-order valence-electron chi connectivity index (χ2n) is 6.35. The lowest BCUT2D eigenvalue weighted by atomic mass is 10.2. The molecular formula is C22H19N3O3S2. The van der Waals surface area contributed by atoms with Crippen molar-refractivity contribution in [3.05, 3.63) is 71.1 Å². The molecule has 2 heterocycles. The molecule has 1 N–H and O–H groups in total. The fourth-order valence-electron chi connectivity index (χ4n) is 2.77. The third kappa shape index (κ3) is 4.55. The van der Waals surface area contributed by atoms with Gasteiger partial charge in [0.15, 0.2) is 0 Å². The Labute approximate surface area is 182 Å². The van der Waals surface area contributed by atoms with E-state index in [-0.39, 0.29) is 5.91 Å². The van der Waals surface area contributed by atoms with Crippen molar-refractivity contribution in [3.63, 3.8) is 0 Å². The molecule has 6 nitrogen and oxygen atoms in total. The van der Waals surface area contributed by atoms with Crippen LogP contribution in [0.15, 0.2) is 70.1 Å². The van der Waals surface area contributed by atoms with Crippen molar-refractivity contribution < 1.29 is 14.1 Å². The largest absolute Gasteiger partial charge is 0.497 e. The Morgan fingerprint density at radius 2 is 1.87 bits per heavy atom. The molecule has 0 saturated heterocycles. The third-order valence-corrected chi connectivity index (χ3v) is 6.25. The lowest BCUT2D eigenvalue weighted by Gasteiger charge is -2.04. The first-order chi connectivity index (χ1) is 14.7. The van der Waals surface area contributed by atoms with Crippen LogP contribution in [0.4, 0.5) is 0 Å². The number of carbonyl (C=O) groups excluding carboxylic acids is 1. The van der Waals surface area contributed by atoms with Gasteiger partial charge in [-0.25, -0.2) is 0 Å². The molecule has 0 bridgehead atoms. The van der Waals surface area contributed by atoms with Gasteiger partial charge in [0.25, 0.3) is 11.8 Å². The summed E-state index contributed by atoms with van der Waals surface area (Å²) in [5, 5.41) is 7.00. The Hall–Kier alpha value is -3.10. The van der Waals surface area contributed by atoms with E-state index in [1.807, 2.05) is 60.9 Å². The SMILES string of the molecule is COc1ccc(-c2nc(-c3ccc(C(=O)NCc4ccc(SC)cc4)s3)no2)cc1. The number of benzene rings is 2. The number of rotatable bonds is 7. The fourth-order valence-corrected chi connectivity index (χ4v) is 4.02. The first-order valence-corrected chi connectivity index (χ1v) is 11.2. The summed E-state index contributed by atoms with van der Waals surface area (Å²) in [6, 6.07) is 19.1. The highest BCUT2D eigenvalue weighted by molar-refractivity contribution is 7.98. The van der Waals surface area contributed by atoms with Gasteiger partial charge in [0.2, 0.25) is 5.82 Å². The summed E-state index contributed by atoms with van der Waals surface area (Å²) in [7, 11) is 1.62. The van der Waals surface area contributed by atoms with E-state index < -0.39 is 0 Å². The van der Waals surface area contributed by atoms with Crippen molar-refractivity contribution in [2.45, 2.75) is 11.4 Å². The van der Waals surface area contributed by atoms with Crippen LogP contribution in [-0.4, -0.2) is 29.4 Å². The predicted molar refractivity (Wildman–Crippen MR) is 119 cm³/mol. The molecule has 0 aliphatic carbocycles. The minimum Gasteiger partial charge on any atom is -0.497 e. The number of ether oxygens (including phenoxy) is 1. The smallest absolute Gasteiger partial charge is 0.261 e. The molecular weight excluding hydrogens is 418 g/mol. The average Bonchev–Trinajstić information content (AvgIpc) is 3.48. The Bertz CT molecular complexity index is 1140. The van der Waals surface area contributed by atoms with Crippen molar-refractivity contribution in [2.24, 2.45) is 0 Å². The van der Waals surface area contributed by atoms with Crippen LogP contribution in [-0.2, 0) is 6.54 Å². The van der Waals surface area contributed by atoms with Crippen LogP contribution < -0.4 is 10.1 Å². The summed E-state index contributed by atoms with van der Waals surface area (Å²) in [6.45, 7) is 0.477. The zero-order valence-electron chi connectivity index (χ0n) is 16.4. The molecule has 0 aliphatic heterocycles. The van der Waals surface area contributed by atoms with Crippen LogP contribution in [0.2, 0.25) is 0 Å². The van der Waals surface area contributed by atoms with Crippen molar-refractivity contribution in [2.75, 3.05) is 13.4 Å². The number of aromatic nitrogens is 2. The highest BCUT2D eigenvalue weighted by Crippen LogP contribution is 2.29. The van der Waals surface area contributed by atoms with Crippen LogP contribution in [0.5, 0.6) is 5.75 Å². The zero-order chi connectivity index (χ0) is 20.9. The molecule has 2 aromatic heterocycles. The molecule has 4 aromatic rings. The van der Waals surface area contributed by atoms with E-state index in [4.69, 9.17) is 9.26 Å². The minimum absolute atomic E-state index is 0.126. The van der Waals surface area contributed by atoms with Gasteiger partial charge in [-0.3, -0.25) is 4.79 Å². The van der Waals surface area contributed by atoms with Gasteiger partial charge in [-0.15, -0.1) is 23.1 Å². The number of nitrogens with zero attached hydrogens (tertiary/aromatic N) is 2. The van der Waals surface area contributed by atoms with Gasteiger partial charge in [-0.2, -0.15) is 4.98 Å². The molecule has 0 fully saturated rings. The summed E-state index contributed by atoms with van der Waals surface area (Å²) in [6.07, 6.45) is 2.04. The fraction of sp³-hybridized carbons (Fsp3) is 0.136. The zero-order valence-corrected chi connectivity index (χ0v) is 18.0. The Balaban J connectivity index is 1.41.